The van der Waals surface area contributed by atoms with E-state index < -0.39 is 15.8 Å². The van der Waals surface area contributed by atoms with Crippen LogP contribution in [0.15, 0.2) is 0 Å². The number of carboxylic acid groups (broad SMARTS) is 1. The van der Waals surface area contributed by atoms with Crippen LogP contribution in [0.5, 0.6) is 0 Å². The number of aliphatic carboxylic acids is 1. The molecule has 0 aromatic rings. The highest BCUT2D eigenvalue weighted by molar-refractivity contribution is 7.91. The third-order valence-electron chi connectivity index (χ3n) is 3.19. The molecule has 20 heavy (non-hydrogen) atoms. The highest BCUT2D eigenvalue weighted by Gasteiger charge is 2.21. The van der Waals surface area contributed by atoms with E-state index in [4.69, 9.17) is 5.11 Å². The second kappa shape index (κ2) is 8.08. The molecule has 1 aliphatic heterocycles. The van der Waals surface area contributed by atoms with Gasteiger partial charge in [-0.1, -0.05) is 6.42 Å². The summed E-state index contributed by atoms with van der Waals surface area (Å²) in [5.41, 5.74) is 0. The molecule has 1 saturated heterocycles. The summed E-state index contributed by atoms with van der Waals surface area (Å²) in [6.07, 6.45) is 2.71. The highest BCUT2D eigenvalue weighted by atomic mass is 32.2. The molecule has 0 aliphatic carbocycles. The van der Waals surface area contributed by atoms with Crippen LogP contribution in [0, 0.1) is 0 Å². The van der Waals surface area contributed by atoms with Gasteiger partial charge in [-0.25, -0.2) is 13.2 Å². The van der Waals surface area contributed by atoms with Crippen LogP contribution in [0.1, 0.15) is 32.1 Å². The monoisotopic (exact) mass is 306 g/mol. The van der Waals surface area contributed by atoms with Crippen LogP contribution in [0.25, 0.3) is 0 Å². The first-order valence-corrected chi connectivity index (χ1v) is 8.68. The molecule has 1 aliphatic rings. The van der Waals surface area contributed by atoms with Crippen molar-refractivity contribution in [1.29, 1.82) is 0 Å². The Morgan fingerprint density at radius 3 is 2.55 bits per heavy atom. The van der Waals surface area contributed by atoms with Crippen LogP contribution in [0.2, 0.25) is 0 Å². The molecule has 0 spiro atoms. The minimum absolute atomic E-state index is 0.0268. The summed E-state index contributed by atoms with van der Waals surface area (Å²) < 4.78 is 22.8. The van der Waals surface area contributed by atoms with Gasteiger partial charge in [0.15, 0.2) is 9.84 Å². The first kappa shape index (κ1) is 16.7. The lowest BCUT2D eigenvalue weighted by Crippen LogP contribution is -2.41. The lowest BCUT2D eigenvalue weighted by Gasteiger charge is -2.20. The average Bonchev–Trinajstić information content (AvgIpc) is 2.54. The molecule has 7 nitrogen and oxygen atoms in total. The average molecular weight is 306 g/mol. The molecule has 0 aromatic heterocycles. The fraction of sp³-hybridized carbons (Fsp3) is 0.833. The summed E-state index contributed by atoms with van der Waals surface area (Å²) in [4.78, 5) is 23.7. The number of hydrogen-bond acceptors (Lipinski definition) is 4. The van der Waals surface area contributed by atoms with Crippen molar-refractivity contribution >= 4 is 21.8 Å². The Labute approximate surface area is 119 Å². The maximum atomic E-state index is 11.8. The second-order valence-corrected chi connectivity index (χ2v) is 7.23. The molecule has 8 heteroatoms. The summed E-state index contributed by atoms with van der Waals surface area (Å²) in [7, 11) is -3.00. The van der Waals surface area contributed by atoms with Crippen LogP contribution in [-0.4, -0.2) is 61.6 Å². The van der Waals surface area contributed by atoms with E-state index in [0.29, 0.717) is 25.9 Å². The van der Waals surface area contributed by atoms with Gasteiger partial charge in [-0.15, -0.1) is 0 Å². The summed E-state index contributed by atoms with van der Waals surface area (Å²) in [6, 6.07) is -0.236. The zero-order valence-corrected chi connectivity index (χ0v) is 12.3. The SMILES string of the molecule is O=C(O)CCCCCNC(=O)N1CCCS(=O)(=O)CC1. The summed E-state index contributed by atoms with van der Waals surface area (Å²) in [6.45, 7) is 1.19. The van der Waals surface area contributed by atoms with Crippen molar-refractivity contribution in [1.82, 2.24) is 10.2 Å². The predicted octanol–water partition coefficient (Wildman–Crippen LogP) is 0.462. The molecule has 0 saturated carbocycles. The van der Waals surface area contributed by atoms with Crippen molar-refractivity contribution < 1.29 is 23.1 Å². The smallest absolute Gasteiger partial charge is 0.317 e. The number of nitrogens with zero attached hydrogens (tertiary/aromatic N) is 1. The van der Waals surface area contributed by atoms with Gasteiger partial charge < -0.3 is 15.3 Å². The summed E-state index contributed by atoms with van der Waals surface area (Å²) in [5.74, 6) is -0.634. The van der Waals surface area contributed by atoms with Crippen LogP contribution in [-0.2, 0) is 14.6 Å². The van der Waals surface area contributed by atoms with Gasteiger partial charge in [-0.05, 0) is 19.3 Å². The van der Waals surface area contributed by atoms with Crippen molar-refractivity contribution in [2.24, 2.45) is 0 Å². The second-order valence-electron chi connectivity index (χ2n) is 4.93. The van der Waals surface area contributed by atoms with Gasteiger partial charge in [0.05, 0.1) is 11.5 Å². The van der Waals surface area contributed by atoms with E-state index in [9.17, 15) is 18.0 Å². The number of hydrogen-bond donors (Lipinski definition) is 2. The molecule has 1 rings (SSSR count). The van der Waals surface area contributed by atoms with Gasteiger partial charge in [0.1, 0.15) is 0 Å². The molecule has 116 valence electrons. The van der Waals surface area contributed by atoms with Gasteiger partial charge in [0.25, 0.3) is 0 Å². The lowest BCUT2D eigenvalue weighted by atomic mass is 10.2. The fourth-order valence-corrected chi connectivity index (χ4v) is 3.30. The quantitative estimate of drug-likeness (QED) is 0.694. The number of rotatable bonds is 6. The van der Waals surface area contributed by atoms with Crippen molar-refractivity contribution in [2.45, 2.75) is 32.1 Å². The molecule has 0 atom stereocenters. The molecule has 1 fully saturated rings. The molecule has 0 aromatic carbocycles. The van der Waals surface area contributed by atoms with E-state index in [1.54, 1.807) is 0 Å². The van der Waals surface area contributed by atoms with E-state index >= 15 is 0 Å². The predicted molar refractivity (Wildman–Crippen MR) is 74.3 cm³/mol. The molecule has 2 N–H and O–H groups in total. The number of sulfone groups is 1. The zero-order valence-electron chi connectivity index (χ0n) is 11.5. The number of carbonyl (C=O) groups is 2. The van der Waals surface area contributed by atoms with Crippen molar-refractivity contribution in [2.75, 3.05) is 31.1 Å². The van der Waals surface area contributed by atoms with Crippen molar-refractivity contribution in [3.05, 3.63) is 0 Å². The minimum atomic E-state index is -3.00. The minimum Gasteiger partial charge on any atom is -0.481 e. The lowest BCUT2D eigenvalue weighted by molar-refractivity contribution is -0.137. The van der Waals surface area contributed by atoms with Gasteiger partial charge in [0.2, 0.25) is 0 Å². The van der Waals surface area contributed by atoms with Gasteiger partial charge in [-0.2, -0.15) is 0 Å². The Morgan fingerprint density at radius 2 is 1.85 bits per heavy atom. The van der Waals surface area contributed by atoms with E-state index in [2.05, 4.69) is 5.32 Å². The van der Waals surface area contributed by atoms with Crippen molar-refractivity contribution in [3.63, 3.8) is 0 Å². The maximum Gasteiger partial charge on any atom is 0.317 e. The topological polar surface area (TPSA) is 104 Å². The van der Waals surface area contributed by atoms with Crippen LogP contribution in [0.4, 0.5) is 4.79 Å². The molecule has 1 heterocycles. The molecule has 0 radical (unpaired) electrons. The van der Waals surface area contributed by atoms with E-state index in [1.165, 1.54) is 4.90 Å². The van der Waals surface area contributed by atoms with Crippen LogP contribution < -0.4 is 5.32 Å². The van der Waals surface area contributed by atoms with E-state index in [0.717, 1.165) is 12.8 Å². The molecule has 0 bridgehead atoms. The maximum absolute atomic E-state index is 11.8. The molecule has 2 amide bonds. The third-order valence-corrected chi connectivity index (χ3v) is 4.90. The standard InChI is InChI=1S/C12H22N2O5S/c15-11(16)5-2-1-3-6-13-12(17)14-7-4-9-20(18,19)10-8-14/h1-10H2,(H,13,17)(H,15,16). The number of carboxylic acids is 1. The van der Waals surface area contributed by atoms with Gasteiger partial charge >= 0.3 is 12.0 Å². The van der Waals surface area contributed by atoms with Gasteiger partial charge in [-0.3, -0.25) is 4.79 Å². The largest absolute Gasteiger partial charge is 0.481 e. The third kappa shape index (κ3) is 6.74. The number of carbonyl (C=O) groups excluding carboxylic acids is 1. The number of amides is 2. The molecule has 0 unspecified atom stereocenters. The fourth-order valence-electron chi connectivity index (χ4n) is 2.03. The Morgan fingerprint density at radius 1 is 1.10 bits per heavy atom. The Hall–Kier alpha value is -1.31. The molecular formula is C12H22N2O5S. The van der Waals surface area contributed by atoms with E-state index in [-0.39, 0.29) is 30.5 Å². The first-order chi connectivity index (χ1) is 9.41. The highest BCUT2D eigenvalue weighted by Crippen LogP contribution is 2.05. The number of urea groups is 1. The molecular weight excluding hydrogens is 284 g/mol. The van der Waals surface area contributed by atoms with Gasteiger partial charge in [0, 0.05) is 26.1 Å². The Bertz CT molecular complexity index is 435. The summed E-state index contributed by atoms with van der Waals surface area (Å²) in [5, 5.41) is 11.2. The summed E-state index contributed by atoms with van der Waals surface area (Å²) >= 11 is 0. The van der Waals surface area contributed by atoms with Crippen LogP contribution >= 0.6 is 0 Å². The van der Waals surface area contributed by atoms with Crippen LogP contribution in [0.3, 0.4) is 0 Å². The Kier molecular flexibility index (Phi) is 6.77. The number of nitrogens with one attached hydrogen (secondary N) is 1. The Balaban J connectivity index is 2.17. The van der Waals surface area contributed by atoms with E-state index in [1.807, 2.05) is 0 Å². The van der Waals surface area contributed by atoms with Crippen molar-refractivity contribution in [3.8, 4) is 0 Å². The zero-order chi connectivity index (χ0) is 15.0. The number of unbranched alkanes of at least 4 members (excludes halogenated alkanes) is 2. The first-order valence-electron chi connectivity index (χ1n) is 6.86. The normalized spacial score (nSPS) is 18.3.